The van der Waals surface area contributed by atoms with Gasteiger partial charge in [-0.2, -0.15) is 0 Å². The van der Waals surface area contributed by atoms with E-state index in [4.69, 9.17) is 0 Å². The zero-order valence-electron chi connectivity index (χ0n) is 23.9. The summed E-state index contributed by atoms with van der Waals surface area (Å²) in [6, 6.07) is 14.4. The van der Waals surface area contributed by atoms with Crippen molar-refractivity contribution in [2.24, 2.45) is 0 Å². The fourth-order valence-electron chi connectivity index (χ4n) is 7.66. The molecule has 0 amide bonds. The van der Waals surface area contributed by atoms with Crippen molar-refractivity contribution in [3.8, 4) is 0 Å². The second-order valence-corrected chi connectivity index (χ2v) is 52.5. The van der Waals surface area contributed by atoms with Crippen LogP contribution in [0.15, 0.2) is 47.5 Å². The van der Waals surface area contributed by atoms with E-state index in [0.717, 1.165) is 0 Å². The maximum absolute atomic E-state index is 3.47. The second kappa shape index (κ2) is 8.01. The van der Waals surface area contributed by atoms with Crippen molar-refractivity contribution < 1.29 is 17.9 Å². The minimum atomic E-state index is -3.47. The first kappa shape index (κ1) is 26.1. The van der Waals surface area contributed by atoms with E-state index in [1.54, 1.807) is 33.4 Å². The average Bonchev–Trinajstić information content (AvgIpc) is 3.21. The molecule has 0 N–H and O–H groups in total. The van der Waals surface area contributed by atoms with E-state index in [-0.39, 0.29) is 10.8 Å². The number of fused-ring (bicyclic) bond motifs is 2. The molecule has 0 fully saturated rings. The van der Waals surface area contributed by atoms with Crippen molar-refractivity contribution in [3.63, 3.8) is 0 Å². The van der Waals surface area contributed by atoms with E-state index in [1.807, 2.05) is 0 Å². The van der Waals surface area contributed by atoms with Crippen LogP contribution in [0, 0.1) is 0 Å². The van der Waals surface area contributed by atoms with Gasteiger partial charge < -0.3 is 0 Å². The van der Waals surface area contributed by atoms with E-state index in [1.165, 1.54) is 11.1 Å². The van der Waals surface area contributed by atoms with E-state index >= 15 is 0 Å². The second-order valence-electron chi connectivity index (χ2n) is 14.6. The third kappa shape index (κ3) is 3.69. The summed E-state index contributed by atoms with van der Waals surface area (Å²) in [7, 11) is 0. The van der Waals surface area contributed by atoms with E-state index in [0.29, 0.717) is 7.25 Å². The Hall–Kier alpha value is -0.980. The van der Waals surface area contributed by atoms with Crippen molar-refractivity contribution in [2.75, 3.05) is 0 Å². The molecule has 2 aliphatic carbocycles. The van der Waals surface area contributed by atoms with Crippen molar-refractivity contribution in [3.05, 3.63) is 80.9 Å². The van der Waals surface area contributed by atoms with Gasteiger partial charge in [0.15, 0.2) is 0 Å². The fraction of sp³-hybridized carbons (Fsp3) is 0.500. The molecule has 0 aliphatic heterocycles. The Morgan fingerprint density at radius 3 is 1.29 bits per heavy atom. The molecule has 0 bridgehead atoms. The van der Waals surface area contributed by atoms with Crippen LogP contribution in [0.3, 0.4) is 0 Å². The van der Waals surface area contributed by atoms with Crippen molar-refractivity contribution in [2.45, 2.75) is 95.8 Å². The Morgan fingerprint density at radius 1 is 0.647 bits per heavy atom. The number of allylic oxidation sites excluding steroid dienone is 2. The summed E-state index contributed by atoms with van der Waals surface area (Å²) >= 11 is -3.47. The first-order valence-electron chi connectivity index (χ1n) is 13.3. The Kier molecular flexibility index (Phi) is 6.15. The van der Waals surface area contributed by atoms with Crippen LogP contribution in [-0.2, 0) is 28.8 Å². The average molecular weight is 551 g/mol. The Morgan fingerprint density at radius 2 is 1.00 bits per heavy atom. The van der Waals surface area contributed by atoms with Crippen LogP contribution in [0.4, 0.5) is 0 Å². The molecule has 0 aromatic heterocycles. The summed E-state index contributed by atoms with van der Waals surface area (Å²) in [5.41, 5.74) is 13.0. The van der Waals surface area contributed by atoms with E-state index in [2.05, 4.69) is 126 Å². The maximum atomic E-state index is 2.86. The molecule has 0 saturated heterocycles. The van der Waals surface area contributed by atoms with Gasteiger partial charge in [-0.05, 0) is 0 Å². The van der Waals surface area contributed by atoms with Crippen LogP contribution >= 0.6 is 0 Å². The van der Waals surface area contributed by atoms with E-state index in [9.17, 15) is 0 Å². The van der Waals surface area contributed by atoms with Crippen molar-refractivity contribution in [1.82, 2.24) is 0 Å². The first-order valence-corrected chi connectivity index (χ1v) is 28.2. The molecule has 0 heterocycles. The van der Waals surface area contributed by atoms with Crippen LogP contribution in [-0.4, -0.2) is 5.92 Å². The van der Waals surface area contributed by atoms with Gasteiger partial charge in [0.05, 0.1) is 0 Å². The fourth-order valence-corrected chi connectivity index (χ4v) is 38.4. The molecule has 183 valence electrons. The molecule has 0 nitrogen and oxygen atoms in total. The van der Waals surface area contributed by atoms with Gasteiger partial charge in [0.2, 0.25) is 0 Å². The zero-order chi connectivity index (χ0) is 25.5. The minimum absolute atomic E-state index is 0.163. The van der Waals surface area contributed by atoms with Gasteiger partial charge in [0.25, 0.3) is 0 Å². The van der Waals surface area contributed by atoms with E-state index < -0.39 is 23.9 Å². The summed E-state index contributed by atoms with van der Waals surface area (Å²) in [4.78, 5) is 0. The molecule has 34 heavy (non-hydrogen) atoms. The summed E-state index contributed by atoms with van der Waals surface area (Å²) in [5, 5.41) is 0. The summed E-state index contributed by atoms with van der Waals surface area (Å²) in [6.45, 7) is 24.5. The molecule has 2 unspecified atom stereocenters. The van der Waals surface area contributed by atoms with Gasteiger partial charge in [0.1, 0.15) is 0 Å². The number of hydrogen-bond donors (Lipinski definition) is 0. The normalized spacial score (nSPS) is 21.6. The van der Waals surface area contributed by atoms with Crippen molar-refractivity contribution in [1.29, 1.82) is 0 Å². The van der Waals surface area contributed by atoms with Crippen LogP contribution in [0.5, 0.6) is 0 Å². The topological polar surface area (TPSA) is 0 Å². The Labute approximate surface area is 211 Å². The van der Waals surface area contributed by atoms with Crippen molar-refractivity contribution >= 4 is 18.1 Å². The van der Waals surface area contributed by atoms with Gasteiger partial charge in [-0.3, -0.25) is 0 Å². The molecule has 2 atom stereocenters. The number of rotatable bonds is 3. The molecule has 4 rings (SSSR count). The molecule has 0 saturated carbocycles. The summed E-state index contributed by atoms with van der Waals surface area (Å²) in [6.07, 6.45) is 5.16. The van der Waals surface area contributed by atoms with Gasteiger partial charge in [-0.25, -0.2) is 0 Å². The quantitative estimate of drug-likeness (QED) is 0.334. The molecule has 0 radical (unpaired) electrons. The predicted octanol–water partition coefficient (Wildman–Crippen LogP) is 9.67. The van der Waals surface area contributed by atoms with Crippen LogP contribution in [0.1, 0.15) is 96.0 Å². The van der Waals surface area contributed by atoms with Crippen LogP contribution in [0.2, 0.25) is 22.4 Å². The Bertz CT molecular complexity index is 1120. The van der Waals surface area contributed by atoms with Gasteiger partial charge in [-0.1, -0.05) is 0 Å². The van der Waals surface area contributed by atoms with Gasteiger partial charge >= 0.3 is 213 Å². The van der Waals surface area contributed by atoms with Gasteiger partial charge in [-0.15, -0.1) is 0 Å². The molecule has 2 aromatic carbocycles. The first-order chi connectivity index (χ1) is 15.5. The number of benzene rings is 2. The monoisotopic (exact) mass is 549 g/mol. The Balaban J connectivity index is 2.00. The third-order valence-corrected chi connectivity index (χ3v) is 57.0. The molecular formula is C32H47SiZr. The number of hydrogen-bond acceptors (Lipinski definition) is 0. The molecule has 2 aliphatic rings. The SMILES string of the molecule is CC1=Cc2c(cccc2C(C)(C)C)[CH]1[Zr]([CH3])([CH3])([CH]1C(C)=Cc2c1cccc2C(C)(C)C)[SiH](C)C. The summed E-state index contributed by atoms with van der Waals surface area (Å²) < 4.78 is 7.01. The molecular weight excluding hydrogens is 504 g/mol. The molecule has 0 spiro atoms. The van der Waals surface area contributed by atoms with Gasteiger partial charge in [0, 0.05) is 0 Å². The van der Waals surface area contributed by atoms with Crippen LogP contribution in [0.25, 0.3) is 12.2 Å². The standard InChI is InChI=1S/2C14H17.C2H7Si.2CH3.Zr/c2*1-10-8-11-6-5-7-13(12(11)9-10)14(2,3)4;1-3-2;;;/h2*5-9H,1-4H3;3H,1-2H3;2*1H3;. The summed E-state index contributed by atoms with van der Waals surface area (Å²) in [5.74, 6) is -1.00. The molecule has 2 heteroatoms. The predicted molar refractivity (Wildman–Crippen MR) is 154 cm³/mol. The van der Waals surface area contributed by atoms with Crippen LogP contribution < -0.4 is 0 Å². The molecule has 2 aromatic rings. The third-order valence-electron chi connectivity index (χ3n) is 9.82. The zero-order valence-corrected chi connectivity index (χ0v) is 27.5.